The van der Waals surface area contributed by atoms with E-state index in [4.69, 9.17) is 21.4 Å². The van der Waals surface area contributed by atoms with Crippen molar-refractivity contribution in [3.8, 4) is 5.75 Å². The van der Waals surface area contributed by atoms with Crippen molar-refractivity contribution in [1.82, 2.24) is 0 Å². The maximum absolute atomic E-state index is 9.19. The van der Waals surface area contributed by atoms with Crippen molar-refractivity contribution in [2.24, 2.45) is 0 Å². The highest BCUT2D eigenvalue weighted by molar-refractivity contribution is 7.98. The third-order valence-electron chi connectivity index (χ3n) is 2.02. The molecule has 0 saturated heterocycles. The Hall–Kier alpha value is -0.420. The zero-order valence-electron chi connectivity index (χ0n) is 9.02. The van der Waals surface area contributed by atoms with E-state index in [0.717, 1.165) is 11.3 Å². The van der Waals surface area contributed by atoms with E-state index in [2.05, 4.69) is 0 Å². The molecule has 0 spiro atoms. The fraction of sp³-hybridized carbons (Fsp3) is 0.455. The fourth-order valence-electron chi connectivity index (χ4n) is 1.22. The molecule has 0 aliphatic heterocycles. The molecule has 1 aromatic carbocycles. The Morgan fingerprint density at radius 2 is 2.25 bits per heavy atom. The first kappa shape index (κ1) is 13.6. The topological polar surface area (TPSA) is 49.7 Å². The monoisotopic (exact) mass is 262 g/mol. The summed E-state index contributed by atoms with van der Waals surface area (Å²) in [5.74, 6) is 1.97. The Morgan fingerprint density at radius 1 is 1.50 bits per heavy atom. The first-order valence-electron chi connectivity index (χ1n) is 4.86. The van der Waals surface area contributed by atoms with Gasteiger partial charge in [0.25, 0.3) is 0 Å². The van der Waals surface area contributed by atoms with Gasteiger partial charge in [0.2, 0.25) is 0 Å². The average molecular weight is 263 g/mol. The second-order valence-corrected chi connectivity index (χ2v) is 4.77. The van der Waals surface area contributed by atoms with E-state index in [0.29, 0.717) is 16.5 Å². The van der Waals surface area contributed by atoms with Gasteiger partial charge in [0.05, 0.1) is 19.8 Å². The highest BCUT2D eigenvalue weighted by Gasteiger charge is 2.06. The molecule has 0 saturated carbocycles. The molecule has 90 valence electrons. The lowest BCUT2D eigenvalue weighted by molar-refractivity contribution is 0.113. The molecule has 2 N–H and O–H groups in total. The molecule has 0 aliphatic rings. The highest BCUT2D eigenvalue weighted by Crippen LogP contribution is 2.26. The minimum absolute atomic E-state index is 0.209. The summed E-state index contributed by atoms with van der Waals surface area (Å²) in [5.41, 5.74) is 0.991. The highest BCUT2D eigenvalue weighted by atomic mass is 35.5. The fourth-order valence-corrected chi connectivity index (χ4v) is 2.35. The van der Waals surface area contributed by atoms with E-state index in [-0.39, 0.29) is 6.61 Å². The number of aliphatic hydroxyl groups is 2. The molecule has 1 atom stereocenters. The third-order valence-corrected chi connectivity index (χ3v) is 3.39. The molecule has 0 aromatic heterocycles. The molecule has 0 fully saturated rings. The van der Waals surface area contributed by atoms with Crippen LogP contribution < -0.4 is 4.74 Å². The Morgan fingerprint density at radius 3 is 2.88 bits per heavy atom. The Labute approximate surface area is 104 Å². The van der Waals surface area contributed by atoms with Crippen LogP contribution in [0.3, 0.4) is 0 Å². The van der Waals surface area contributed by atoms with Crippen LogP contribution in [0.1, 0.15) is 5.56 Å². The van der Waals surface area contributed by atoms with Gasteiger partial charge in [-0.25, -0.2) is 0 Å². The van der Waals surface area contributed by atoms with Gasteiger partial charge < -0.3 is 14.9 Å². The van der Waals surface area contributed by atoms with Gasteiger partial charge in [0.15, 0.2) is 0 Å². The van der Waals surface area contributed by atoms with Gasteiger partial charge in [-0.3, -0.25) is 0 Å². The standard InChI is InChI=1S/C11H15ClO3S/c1-15-11-3-2-9(12)4-8(11)6-16-7-10(14)5-13/h2-4,10,13-14H,5-7H2,1H3/t10-/m0/s1. The lowest BCUT2D eigenvalue weighted by Gasteiger charge is -2.10. The minimum atomic E-state index is -0.671. The van der Waals surface area contributed by atoms with Gasteiger partial charge in [-0.05, 0) is 18.2 Å². The van der Waals surface area contributed by atoms with Gasteiger partial charge in [-0.2, -0.15) is 11.8 Å². The molecule has 16 heavy (non-hydrogen) atoms. The largest absolute Gasteiger partial charge is 0.496 e. The SMILES string of the molecule is COc1ccc(Cl)cc1CSC[C@@H](O)CO. The van der Waals surface area contributed by atoms with Crippen molar-refractivity contribution in [2.45, 2.75) is 11.9 Å². The number of hydrogen-bond acceptors (Lipinski definition) is 4. The summed E-state index contributed by atoms with van der Waals surface area (Å²) >= 11 is 7.42. The molecular formula is C11H15ClO3S. The van der Waals surface area contributed by atoms with Gasteiger partial charge in [0.1, 0.15) is 5.75 Å². The smallest absolute Gasteiger partial charge is 0.122 e. The number of hydrogen-bond donors (Lipinski definition) is 2. The third kappa shape index (κ3) is 4.22. The van der Waals surface area contributed by atoms with E-state index in [9.17, 15) is 5.11 Å². The molecule has 3 nitrogen and oxygen atoms in total. The summed E-state index contributed by atoms with van der Waals surface area (Å²) in [6.07, 6.45) is -0.671. The zero-order chi connectivity index (χ0) is 12.0. The van der Waals surface area contributed by atoms with Crippen molar-refractivity contribution in [1.29, 1.82) is 0 Å². The van der Waals surface area contributed by atoms with E-state index < -0.39 is 6.10 Å². The van der Waals surface area contributed by atoms with E-state index >= 15 is 0 Å². The van der Waals surface area contributed by atoms with Crippen LogP contribution in [0, 0.1) is 0 Å². The summed E-state index contributed by atoms with van der Waals surface area (Å²) < 4.78 is 5.20. The predicted octanol–water partition coefficient (Wildman–Crippen LogP) is 1.94. The number of aliphatic hydroxyl groups excluding tert-OH is 2. The zero-order valence-corrected chi connectivity index (χ0v) is 10.6. The Kier molecular flexibility index (Phi) is 5.98. The first-order chi connectivity index (χ1) is 7.67. The first-order valence-corrected chi connectivity index (χ1v) is 6.39. The summed E-state index contributed by atoms with van der Waals surface area (Å²) in [5, 5.41) is 18.5. The summed E-state index contributed by atoms with van der Waals surface area (Å²) in [6.45, 7) is -0.209. The molecule has 1 aromatic rings. The maximum atomic E-state index is 9.19. The van der Waals surface area contributed by atoms with Gasteiger partial charge in [0, 0.05) is 22.1 Å². The average Bonchev–Trinajstić information content (AvgIpc) is 2.29. The predicted molar refractivity (Wildman–Crippen MR) is 67.3 cm³/mol. The van der Waals surface area contributed by atoms with Crippen LogP contribution >= 0.6 is 23.4 Å². The maximum Gasteiger partial charge on any atom is 0.122 e. The molecular weight excluding hydrogens is 248 g/mol. The van der Waals surface area contributed by atoms with Gasteiger partial charge >= 0.3 is 0 Å². The second-order valence-electron chi connectivity index (χ2n) is 3.31. The summed E-state index contributed by atoms with van der Waals surface area (Å²) in [7, 11) is 1.61. The molecule has 0 aliphatic carbocycles. The summed E-state index contributed by atoms with van der Waals surface area (Å²) in [6, 6.07) is 5.44. The molecule has 0 heterocycles. The van der Waals surface area contributed by atoms with Crippen LogP contribution in [0.2, 0.25) is 5.02 Å². The van der Waals surface area contributed by atoms with E-state index in [1.807, 2.05) is 12.1 Å². The van der Waals surface area contributed by atoms with Gasteiger partial charge in [-0.1, -0.05) is 11.6 Å². The molecule has 0 amide bonds. The molecule has 0 radical (unpaired) electrons. The van der Waals surface area contributed by atoms with Crippen LogP contribution in [0.25, 0.3) is 0 Å². The van der Waals surface area contributed by atoms with Crippen LogP contribution in [0.5, 0.6) is 5.75 Å². The van der Waals surface area contributed by atoms with Crippen molar-refractivity contribution in [2.75, 3.05) is 19.5 Å². The number of thioether (sulfide) groups is 1. The molecule has 1 rings (SSSR count). The lowest BCUT2D eigenvalue weighted by Crippen LogP contribution is -2.14. The summed E-state index contributed by atoms with van der Waals surface area (Å²) in [4.78, 5) is 0. The Balaban J connectivity index is 2.55. The number of rotatable bonds is 6. The van der Waals surface area contributed by atoms with Crippen molar-refractivity contribution >= 4 is 23.4 Å². The van der Waals surface area contributed by atoms with Crippen molar-refractivity contribution < 1.29 is 14.9 Å². The number of halogens is 1. The van der Waals surface area contributed by atoms with Crippen LogP contribution in [0.15, 0.2) is 18.2 Å². The van der Waals surface area contributed by atoms with Crippen LogP contribution in [-0.2, 0) is 5.75 Å². The number of methoxy groups -OCH3 is 1. The molecule has 0 unspecified atom stereocenters. The number of ether oxygens (including phenoxy) is 1. The van der Waals surface area contributed by atoms with Crippen molar-refractivity contribution in [3.63, 3.8) is 0 Å². The van der Waals surface area contributed by atoms with Crippen molar-refractivity contribution in [3.05, 3.63) is 28.8 Å². The van der Waals surface area contributed by atoms with Crippen LogP contribution in [-0.4, -0.2) is 35.8 Å². The minimum Gasteiger partial charge on any atom is -0.496 e. The van der Waals surface area contributed by atoms with E-state index in [1.54, 1.807) is 13.2 Å². The molecule has 5 heteroatoms. The van der Waals surface area contributed by atoms with E-state index in [1.165, 1.54) is 11.8 Å². The Bertz CT molecular complexity index is 333. The quantitative estimate of drug-likeness (QED) is 0.823. The number of benzene rings is 1. The lowest BCUT2D eigenvalue weighted by atomic mass is 10.2. The molecule has 0 bridgehead atoms. The second kappa shape index (κ2) is 7.01. The van der Waals surface area contributed by atoms with Gasteiger partial charge in [-0.15, -0.1) is 0 Å². The normalized spacial score (nSPS) is 12.5. The van der Waals surface area contributed by atoms with Crippen LogP contribution in [0.4, 0.5) is 0 Å².